The second-order valence-electron chi connectivity index (χ2n) is 3.77. The Bertz CT molecular complexity index is 590. The molecule has 1 aromatic heterocycles. The molecule has 0 aliphatic rings. The van der Waals surface area contributed by atoms with Gasteiger partial charge in [-0.2, -0.15) is 5.10 Å². The van der Waals surface area contributed by atoms with E-state index in [0.717, 1.165) is 11.8 Å². The van der Waals surface area contributed by atoms with E-state index in [9.17, 15) is 9.18 Å². The number of carboxylic acid groups (broad SMARTS) is 1. The van der Waals surface area contributed by atoms with Crippen LogP contribution in [0.4, 0.5) is 4.39 Å². The maximum Gasteiger partial charge on any atom is 0.335 e. The van der Waals surface area contributed by atoms with Gasteiger partial charge >= 0.3 is 5.97 Å². The minimum Gasteiger partial charge on any atom is -0.478 e. The third-order valence-electron chi connectivity index (χ3n) is 2.74. The molecule has 0 saturated carbocycles. The standard InChI is InChI=1S/C12H11FN2O2/c1-7-10(6-14-15(7)2)9-5-8(12(16)17)3-4-11(9)13/h3-6H,1-2H3,(H,16,17). The van der Waals surface area contributed by atoms with Gasteiger partial charge in [0.1, 0.15) is 5.82 Å². The number of hydrogen-bond donors (Lipinski definition) is 1. The van der Waals surface area contributed by atoms with Crippen LogP contribution in [0.1, 0.15) is 16.1 Å². The smallest absolute Gasteiger partial charge is 0.335 e. The highest BCUT2D eigenvalue weighted by atomic mass is 19.1. The highest BCUT2D eigenvalue weighted by Gasteiger charge is 2.14. The van der Waals surface area contributed by atoms with Crippen molar-refractivity contribution >= 4 is 5.97 Å². The van der Waals surface area contributed by atoms with Gasteiger partial charge in [0.05, 0.1) is 11.8 Å². The zero-order chi connectivity index (χ0) is 12.6. The summed E-state index contributed by atoms with van der Waals surface area (Å²) in [5.74, 6) is -1.53. The van der Waals surface area contributed by atoms with E-state index >= 15 is 0 Å². The number of carbonyl (C=O) groups is 1. The van der Waals surface area contributed by atoms with Crippen LogP contribution in [0.5, 0.6) is 0 Å². The molecule has 4 nitrogen and oxygen atoms in total. The first-order chi connectivity index (χ1) is 8.00. The second kappa shape index (κ2) is 4.01. The van der Waals surface area contributed by atoms with Crippen LogP contribution in [-0.2, 0) is 7.05 Å². The van der Waals surface area contributed by atoms with E-state index in [4.69, 9.17) is 5.11 Å². The lowest BCUT2D eigenvalue weighted by Crippen LogP contribution is -1.98. The second-order valence-corrected chi connectivity index (χ2v) is 3.77. The predicted octanol–water partition coefficient (Wildman–Crippen LogP) is 2.23. The predicted molar refractivity (Wildman–Crippen MR) is 60.3 cm³/mol. The van der Waals surface area contributed by atoms with Crippen LogP contribution in [0.3, 0.4) is 0 Å². The Morgan fingerprint density at radius 1 is 1.41 bits per heavy atom. The third-order valence-corrected chi connectivity index (χ3v) is 2.74. The Morgan fingerprint density at radius 3 is 2.65 bits per heavy atom. The minimum atomic E-state index is -1.08. The van der Waals surface area contributed by atoms with Gasteiger partial charge in [0.2, 0.25) is 0 Å². The highest BCUT2D eigenvalue weighted by molar-refractivity contribution is 5.89. The maximum absolute atomic E-state index is 13.7. The Morgan fingerprint density at radius 2 is 2.12 bits per heavy atom. The maximum atomic E-state index is 13.7. The highest BCUT2D eigenvalue weighted by Crippen LogP contribution is 2.26. The zero-order valence-corrected chi connectivity index (χ0v) is 9.44. The van der Waals surface area contributed by atoms with Gasteiger partial charge in [-0.15, -0.1) is 0 Å². The zero-order valence-electron chi connectivity index (χ0n) is 9.44. The van der Waals surface area contributed by atoms with Crippen LogP contribution in [0.25, 0.3) is 11.1 Å². The fraction of sp³-hybridized carbons (Fsp3) is 0.167. The molecule has 5 heteroatoms. The molecule has 0 aliphatic carbocycles. The summed E-state index contributed by atoms with van der Waals surface area (Å²) in [6.07, 6.45) is 1.53. The molecule has 0 unspecified atom stereocenters. The van der Waals surface area contributed by atoms with Crippen LogP contribution >= 0.6 is 0 Å². The van der Waals surface area contributed by atoms with Crippen LogP contribution in [-0.4, -0.2) is 20.9 Å². The van der Waals surface area contributed by atoms with Crippen molar-refractivity contribution in [2.75, 3.05) is 0 Å². The molecule has 2 aromatic rings. The number of rotatable bonds is 2. The summed E-state index contributed by atoms with van der Waals surface area (Å²) in [5, 5.41) is 12.9. The molecule has 0 fully saturated rings. The van der Waals surface area contributed by atoms with Gasteiger partial charge in [-0.1, -0.05) is 0 Å². The molecule has 0 saturated heterocycles. The number of aromatic carboxylic acids is 1. The Balaban J connectivity index is 2.62. The molecule has 0 bridgehead atoms. The SMILES string of the molecule is Cc1c(-c2cc(C(=O)O)ccc2F)cnn1C. The first-order valence-electron chi connectivity index (χ1n) is 5.02. The lowest BCUT2D eigenvalue weighted by Gasteiger charge is -2.04. The summed E-state index contributed by atoms with van der Waals surface area (Å²) >= 11 is 0. The first kappa shape index (κ1) is 11.3. The van der Waals surface area contributed by atoms with Crippen molar-refractivity contribution in [1.82, 2.24) is 9.78 Å². The molecule has 1 heterocycles. The van der Waals surface area contributed by atoms with Crippen molar-refractivity contribution < 1.29 is 14.3 Å². The molecular formula is C12H11FN2O2. The van der Waals surface area contributed by atoms with Crippen molar-refractivity contribution in [3.8, 4) is 11.1 Å². The summed E-state index contributed by atoms with van der Waals surface area (Å²) in [6.45, 7) is 1.80. The fourth-order valence-corrected chi connectivity index (χ4v) is 1.63. The molecule has 1 N–H and O–H groups in total. The molecule has 1 aromatic carbocycles. The number of carboxylic acids is 1. The van der Waals surface area contributed by atoms with Gasteiger partial charge < -0.3 is 5.11 Å². The van der Waals surface area contributed by atoms with E-state index < -0.39 is 11.8 Å². The van der Waals surface area contributed by atoms with Crippen molar-refractivity contribution in [3.05, 3.63) is 41.5 Å². The Kier molecular flexibility index (Phi) is 2.67. The third kappa shape index (κ3) is 1.91. The fourth-order valence-electron chi connectivity index (χ4n) is 1.63. The minimum absolute atomic E-state index is 0.0599. The summed E-state index contributed by atoms with van der Waals surface area (Å²) in [4.78, 5) is 10.8. The van der Waals surface area contributed by atoms with Gasteiger partial charge in [-0.3, -0.25) is 4.68 Å². The number of hydrogen-bond acceptors (Lipinski definition) is 2. The van der Waals surface area contributed by atoms with Gasteiger partial charge in [-0.05, 0) is 25.1 Å². The number of aryl methyl sites for hydroxylation is 1. The number of nitrogens with zero attached hydrogens (tertiary/aromatic N) is 2. The van der Waals surface area contributed by atoms with E-state index in [1.54, 1.807) is 18.7 Å². The van der Waals surface area contributed by atoms with Crippen LogP contribution < -0.4 is 0 Å². The summed E-state index contributed by atoms with van der Waals surface area (Å²) in [5.41, 5.74) is 1.71. The first-order valence-corrected chi connectivity index (χ1v) is 5.02. The van der Waals surface area contributed by atoms with Crippen LogP contribution in [0.2, 0.25) is 0 Å². The van der Waals surface area contributed by atoms with E-state index in [1.807, 2.05) is 0 Å². The summed E-state index contributed by atoms with van der Waals surface area (Å²) < 4.78 is 15.3. The lowest BCUT2D eigenvalue weighted by molar-refractivity contribution is 0.0697. The van der Waals surface area contributed by atoms with E-state index in [0.29, 0.717) is 5.56 Å². The van der Waals surface area contributed by atoms with E-state index in [2.05, 4.69) is 5.10 Å². The average molecular weight is 234 g/mol. The summed E-state index contributed by atoms with van der Waals surface area (Å²) in [7, 11) is 1.75. The quantitative estimate of drug-likeness (QED) is 0.866. The van der Waals surface area contributed by atoms with Gasteiger partial charge in [0, 0.05) is 23.9 Å². The topological polar surface area (TPSA) is 55.1 Å². The van der Waals surface area contributed by atoms with E-state index in [1.165, 1.54) is 18.3 Å². The van der Waals surface area contributed by atoms with E-state index in [-0.39, 0.29) is 11.1 Å². The summed E-state index contributed by atoms with van der Waals surface area (Å²) in [6, 6.07) is 3.72. The van der Waals surface area contributed by atoms with Gasteiger partial charge in [0.15, 0.2) is 0 Å². The van der Waals surface area contributed by atoms with Gasteiger partial charge in [0.25, 0.3) is 0 Å². The van der Waals surface area contributed by atoms with Crippen molar-refractivity contribution in [3.63, 3.8) is 0 Å². The molecule has 88 valence electrons. The molecule has 2 rings (SSSR count). The van der Waals surface area contributed by atoms with Crippen molar-refractivity contribution in [2.24, 2.45) is 7.05 Å². The lowest BCUT2D eigenvalue weighted by atomic mass is 10.0. The van der Waals surface area contributed by atoms with Crippen LogP contribution in [0.15, 0.2) is 24.4 Å². The number of benzene rings is 1. The molecule has 0 radical (unpaired) electrons. The van der Waals surface area contributed by atoms with Crippen LogP contribution in [0, 0.1) is 12.7 Å². The monoisotopic (exact) mass is 234 g/mol. The van der Waals surface area contributed by atoms with Crippen molar-refractivity contribution in [2.45, 2.75) is 6.92 Å². The normalized spacial score (nSPS) is 10.5. The molecule has 0 spiro atoms. The average Bonchev–Trinajstić information content (AvgIpc) is 2.60. The number of halogens is 1. The molecule has 17 heavy (non-hydrogen) atoms. The number of aromatic nitrogens is 2. The molecule has 0 atom stereocenters. The Labute approximate surface area is 97.3 Å². The van der Waals surface area contributed by atoms with Crippen molar-refractivity contribution in [1.29, 1.82) is 0 Å². The molecule has 0 aliphatic heterocycles. The Hall–Kier alpha value is -2.17. The van der Waals surface area contributed by atoms with Gasteiger partial charge in [-0.25, -0.2) is 9.18 Å². The molecule has 0 amide bonds. The largest absolute Gasteiger partial charge is 0.478 e. The molecular weight excluding hydrogens is 223 g/mol.